The number of thioether (sulfide) groups is 1. The van der Waals surface area contributed by atoms with Crippen LogP contribution in [0.3, 0.4) is 0 Å². The van der Waals surface area contributed by atoms with Crippen molar-refractivity contribution in [1.82, 2.24) is 9.80 Å². The van der Waals surface area contributed by atoms with Crippen LogP contribution in [0.25, 0.3) is 6.08 Å². The summed E-state index contributed by atoms with van der Waals surface area (Å²) in [5.41, 5.74) is 0. The first-order valence-electron chi connectivity index (χ1n) is 8.55. The third-order valence-corrected chi connectivity index (χ3v) is 8.56. The number of hydrogen-bond donors (Lipinski definition) is 0. The van der Waals surface area contributed by atoms with Crippen LogP contribution >= 0.6 is 35.3 Å². The van der Waals surface area contributed by atoms with Crippen LogP contribution in [0.2, 0.25) is 0 Å². The van der Waals surface area contributed by atoms with E-state index in [1.54, 1.807) is 17.9 Å². The molecule has 6 nitrogen and oxygen atoms in total. The van der Waals surface area contributed by atoms with Crippen molar-refractivity contribution in [3.63, 3.8) is 0 Å². The Balaban J connectivity index is 1.77. The molecule has 0 bridgehead atoms. The van der Waals surface area contributed by atoms with Crippen molar-refractivity contribution in [1.29, 1.82) is 0 Å². The standard InChI is InChI=1S/C17H20N2O4S4/c1-3-18(12-6-8-27(22,23)10-12)15(20)11(2)19-16(21)14(26-17(19)24)9-13-5-4-7-25-13/h4-5,7,9,11-12H,3,6,8,10H2,1-2H3/b14-9-/t11-,12-/m1/s1. The highest BCUT2D eigenvalue weighted by molar-refractivity contribution is 8.26. The predicted octanol–water partition coefficient (Wildman–Crippen LogP) is 2.37. The van der Waals surface area contributed by atoms with Crippen molar-refractivity contribution in [2.75, 3.05) is 18.1 Å². The van der Waals surface area contributed by atoms with E-state index in [0.29, 0.717) is 22.2 Å². The molecule has 0 unspecified atom stereocenters. The molecule has 0 N–H and O–H groups in total. The van der Waals surface area contributed by atoms with Crippen LogP contribution in [0.5, 0.6) is 0 Å². The summed E-state index contributed by atoms with van der Waals surface area (Å²) in [6.07, 6.45) is 2.22. The number of amides is 2. The van der Waals surface area contributed by atoms with Crippen LogP contribution < -0.4 is 0 Å². The Morgan fingerprint density at radius 2 is 2.26 bits per heavy atom. The van der Waals surface area contributed by atoms with E-state index in [0.717, 1.165) is 4.88 Å². The lowest BCUT2D eigenvalue weighted by Gasteiger charge is -2.32. The third kappa shape index (κ3) is 4.28. The molecule has 0 radical (unpaired) electrons. The quantitative estimate of drug-likeness (QED) is 0.513. The van der Waals surface area contributed by atoms with Crippen molar-refractivity contribution in [3.8, 4) is 0 Å². The highest BCUT2D eigenvalue weighted by Gasteiger charge is 2.42. The van der Waals surface area contributed by atoms with Gasteiger partial charge in [-0.1, -0.05) is 30.0 Å². The van der Waals surface area contributed by atoms with Gasteiger partial charge < -0.3 is 4.90 Å². The maximum atomic E-state index is 13.0. The number of sulfone groups is 1. The Kier molecular flexibility index (Phi) is 6.09. The van der Waals surface area contributed by atoms with Crippen LogP contribution in [0.4, 0.5) is 0 Å². The maximum Gasteiger partial charge on any atom is 0.266 e. The molecule has 0 aromatic carbocycles. The van der Waals surface area contributed by atoms with E-state index in [1.807, 2.05) is 24.4 Å². The molecule has 1 aromatic heterocycles. The highest BCUT2D eigenvalue weighted by atomic mass is 32.2. The minimum Gasteiger partial charge on any atom is -0.337 e. The fraction of sp³-hybridized carbons (Fsp3) is 0.471. The molecule has 2 atom stereocenters. The van der Waals surface area contributed by atoms with Gasteiger partial charge in [0.05, 0.1) is 16.4 Å². The molecule has 27 heavy (non-hydrogen) atoms. The Morgan fingerprint density at radius 3 is 2.81 bits per heavy atom. The molecule has 1 aromatic rings. The van der Waals surface area contributed by atoms with E-state index in [2.05, 4.69) is 0 Å². The first kappa shape index (κ1) is 20.5. The summed E-state index contributed by atoms with van der Waals surface area (Å²) < 4.78 is 23.9. The van der Waals surface area contributed by atoms with E-state index >= 15 is 0 Å². The second-order valence-corrected chi connectivity index (χ2v) is 11.3. The topological polar surface area (TPSA) is 74.8 Å². The maximum absolute atomic E-state index is 13.0. The number of hydrogen-bond acceptors (Lipinski definition) is 7. The number of carbonyl (C=O) groups is 2. The first-order valence-corrected chi connectivity index (χ1v) is 12.5. The second-order valence-electron chi connectivity index (χ2n) is 6.42. The number of rotatable bonds is 5. The molecular weight excluding hydrogens is 424 g/mol. The minimum absolute atomic E-state index is 0.0179. The lowest BCUT2D eigenvalue weighted by Crippen LogP contribution is -2.52. The van der Waals surface area contributed by atoms with Gasteiger partial charge in [-0.3, -0.25) is 14.5 Å². The lowest BCUT2D eigenvalue weighted by molar-refractivity contribution is -0.140. The summed E-state index contributed by atoms with van der Waals surface area (Å²) in [5, 5.41) is 1.92. The third-order valence-electron chi connectivity index (χ3n) is 4.66. The van der Waals surface area contributed by atoms with E-state index in [9.17, 15) is 18.0 Å². The zero-order valence-electron chi connectivity index (χ0n) is 15.0. The van der Waals surface area contributed by atoms with Gasteiger partial charge in [0, 0.05) is 17.5 Å². The van der Waals surface area contributed by atoms with E-state index in [4.69, 9.17) is 12.2 Å². The average Bonchev–Trinajstić information content (AvgIpc) is 3.30. The Bertz CT molecular complexity index is 892. The van der Waals surface area contributed by atoms with E-state index < -0.39 is 15.9 Å². The van der Waals surface area contributed by atoms with Crippen LogP contribution in [-0.4, -0.2) is 64.5 Å². The molecule has 2 aliphatic heterocycles. The van der Waals surface area contributed by atoms with Crippen LogP contribution in [0.1, 0.15) is 25.1 Å². The first-order chi connectivity index (χ1) is 12.7. The van der Waals surface area contributed by atoms with Gasteiger partial charge in [-0.2, -0.15) is 0 Å². The van der Waals surface area contributed by atoms with Crippen molar-refractivity contribution < 1.29 is 18.0 Å². The summed E-state index contributed by atoms with van der Waals surface area (Å²) in [5.74, 6) is -0.473. The van der Waals surface area contributed by atoms with Gasteiger partial charge >= 0.3 is 0 Å². The molecule has 0 saturated carbocycles. The summed E-state index contributed by atoms with van der Waals surface area (Å²) >= 11 is 8.05. The van der Waals surface area contributed by atoms with E-state index in [1.165, 1.54) is 28.0 Å². The molecule has 10 heteroatoms. The van der Waals surface area contributed by atoms with Crippen molar-refractivity contribution in [2.45, 2.75) is 32.4 Å². The zero-order valence-corrected chi connectivity index (χ0v) is 18.2. The van der Waals surface area contributed by atoms with Gasteiger partial charge in [0.15, 0.2) is 9.84 Å². The predicted molar refractivity (Wildman–Crippen MR) is 113 cm³/mol. The number of nitrogens with zero attached hydrogens (tertiary/aromatic N) is 2. The van der Waals surface area contributed by atoms with Crippen molar-refractivity contribution in [2.24, 2.45) is 0 Å². The fourth-order valence-electron chi connectivity index (χ4n) is 3.28. The van der Waals surface area contributed by atoms with Gasteiger partial charge in [0.25, 0.3) is 5.91 Å². The molecular formula is C17H20N2O4S4. The number of thiophene rings is 1. The molecule has 2 amide bonds. The van der Waals surface area contributed by atoms with Crippen molar-refractivity contribution >= 4 is 67.4 Å². The van der Waals surface area contributed by atoms with E-state index in [-0.39, 0.29) is 29.4 Å². The Labute approximate surface area is 172 Å². The lowest BCUT2D eigenvalue weighted by atomic mass is 10.1. The minimum atomic E-state index is -3.10. The van der Waals surface area contributed by atoms with Gasteiger partial charge in [-0.05, 0) is 37.8 Å². The molecule has 3 rings (SSSR count). The number of likely N-dealkylation sites (N-methyl/N-ethyl adjacent to an activating group) is 1. The van der Waals surface area contributed by atoms with Crippen molar-refractivity contribution in [3.05, 3.63) is 27.3 Å². The van der Waals surface area contributed by atoms with Crippen LogP contribution in [0.15, 0.2) is 22.4 Å². The van der Waals surface area contributed by atoms with Gasteiger partial charge in [-0.25, -0.2) is 8.42 Å². The fourth-order valence-corrected chi connectivity index (χ4v) is 7.15. The number of thiocarbonyl (C=S) groups is 1. The molecule has 0 aliphatic carbocycles. The molecule has 2 saturated heterocycles. The normalized spacial score (nSPS) is 24.6. The summed E-state index contributed by atoms with van der Waals surface area (Å²) in [6.45, 7) is 3.85. The molecule has 2 fully saturated rings. The molecule has 0 spiro atoms. The van der Waals surface area contributed by atoms with Gasteiger partial charge in [0.1, 0.15) is 10.4 Å². The smallest absolute Gasteiger partial charge is 0.266 e. The molecule has 146 valence electrons. The monoisotopic (exact) mass is 444 g/mol. The Morgan fingerprint density at radius 1 is 1.52 bits per heavy atom. The molecule has 3 heterocycles. The SMILES string of the molecule is CCN(C(=O)[C@@H](C)N1C(=O)/C(=C/c2cccs2)SC1=S)[C@@H]1CCS(=O)(=O)C1. The van der Waals surface area contributed by atoms with Gasteiger partial charge in [-0.15, -0.1) is 11.3 Å². The van der Waals surface area contributed by atoms with Crippen LogP contribution in [-0.2, 0) is 19.4 Å². The van der Waals surface area contributed by atoms with Crippen LogP contribution in [0, 0.1) is 0 Å². The number of carbonyl (C=O) groups excluding carboxylic acids is 2. The van der Waals surface area contributed by atoms with Gasteiger partial charge in [0.2, 0.25) is 5.91 Å². The Hall–Kier alpha value is -1.23. The summed E-state index contributed by atoms with van der Waals surface area (Å²) in [4.78, 5) is 30.2. The zero-order chi connectivity index (χ0) is 19.8. The second kappa shape index (κ2) is 8.02. The molecule has 2 aliphatic rings. The highest BCUT2D eigenvalue weighted by Crippen LogP contribution is 2.35. The average molecular weight is 445 g/mol. The summed E-state index contributed by atoms with van der Waals surface area (Å²) in [7, 11) is -3.10. The summed E-state index contributed by atoms with van der Waals surface area (Å²) in [6, 6.07) is 2.70. The largest absolute Gasteiger partial charge is 0.337 e.